The number of nitrogens with zero attached hydrogens (tertiary/aromatic N) is 2. The van der Waals surface area contributed by atoms with Crippen molar-refractivity contribution in [3.8, 4) is 0 Å². The average molecular weight is 309 g/mol. The molecule has 2 heterocycles. The molecular weight excluding hydrogens is 282 g/mol. The van der Waals surface area contributed by atoms with Crippen LogP contribution in [0, 0.1) is 0 Å². The van der Waals surface area contributed by atoms with Crippen molar-refractivity contribution < 1.29 is 4.42 Å². The summed E-state index contributed by atoms with van der Waals surface area (Å²) in [5.74, 6) is 2.28. The number of piperidine rings is 1. The topological polar surface area (TPSA) is 41.3 Å². The molecule has 0 aromatic carbocycles. The number of thiocarbonyl (C=S) groups is 1. The molecular formula is C16H27N3OS. The lowest BCUT2D eigenvalue weighted by molar-refractivity contribution is 0.270. The summed E-state index contributed by atoms with van der Waals surface area (Å²) in [6, 6.07) is 0.385. The van der Waals surface area contributed by atoms with Gasteiger partial charge in [-0.05, 0) is 38.9 Å². The number of likely N-dealkylation sites (tertiary alicyclic amines) is 1. The molecule has 0 bridgehead atoms. The Labute approximate surface area is 133 Å². The first-order valence-corrected chi connectivity index (χ1v) is 8.20. The van der Waals surface area contributed by atoms with E-state index in [-0.39, 0.29) is 5.41 Å². The number of hydrogen-bond acceptors (Lipinski definition) is 3. The van der Waals surface area contributed by atoms with Crippen molar-refractivity contribution in [1.29, 1.82) is 0 Å². The van der Waals surface area contributed by atoms with E-state index in [4.69, 9.17) is 16.6 Å². The van der Waals surface area contributed by atoms with Gasteiger partial charge in [0.15, 0.2) is 11.0 Å². The Hall–Kier alpha value is -1.10. The highest BCUT2D eigenvalue weighted by Crippen LogP contribution is 2.31. The summed E-state index contributed by atoms with van der Waals surface area (Å²) in [7, 11) is 0. The third-order valence-corrected chi connectivity index (χ3v) is 4.18. The Morgan fingerprint density at radius 3 is 2.48 bits per heavy atom. The molecule has 0 saturated carbocycles. The van der Waals surface area contributed by atoms with Crippen LogP contribution in [0.5, 0.6) is 0 Å². The monoisotopic (exact) mass is 309 g/mol. The molecule has 118 valence electrons. The molecule has 1 fully saturated rings. The van der Waals surface area contributed by atoms with Crippen LogP contribution >= 0.6 is 12.2 Å². The standard InChI is InChI=1S/C16H27N3OS/c1-11(2)18-15(21)19-8-6-12(7-9-19)14-17-10-13(20-14)16(3,4)5/h10-12H,6-9H2,1-5H3,(H,18,21). The molecule has 0 amide bonds. The predicted octanol–water partition coefficient (Wildman–Crippen LogP) is 3.43. The largest absolute Gasteiger partial charge is 0.445 e. The molecule has 0 radical (unpaired) electrons. The van der Waals surface area contributed by atoms with Gasteiger partial charge in [-0.15, -0.1) is 0 Å². The van der Waals surface area contributed by atoms with Gasteiger partial charge in [-0.3, -0.25) is 0 Å². The van der Waals surface area contributed by atoms with Gasteiger partial charge in [-0.25, -0.2) is 4.98 Å². The summed E-state index contributed by atoms with van der Waals surface area (Å²) in [6.45, 7) is 12.6. The van der Waals surface area contributed by atoms with E-state index >= 15 is 0 Å². The van der Waals surface area contributed by atoms with Gasteiger partial charge in [0.25, 0.3) is 0 Å². The lowest BCUT2D eigenvalue weighted by atomic mass is 9.94. The minimum atomic E-state index is 0.0225. The van der Waals surface area contributed by atoms with E-state index in [0.717, 1.165) is 42.7 Å². The predicted molar refractivity (Wildman–Crippen MR) is 89.6 cm³/mol. The minimum absolute atomic E-state index is 0.0225. The van der Waals surface area contributed by atoms with Gasteiger partial charge in [0.2, 0.25) is 0 Å². The summed E-state index contributed by atoms with van der Waals surface area (Å²) >= 11 is 5.43. The molecule has 1 N–H and O–H groups in total. The van der Waals surface area contributed by atoms with Gasteiger partial charge in [0.05, 0.1) is 6.20 Å². The highest BCUT2D eigenvalue weighted by atomic mass is 32.1. The molecule has 21 heavy (non-hydrogen) atoms. The second kappa shape index (κ2) is 6.34. The van der Waals surface area contributed by atoms with Crippen LogP contribution in [0.15, 0.2) is 10.6 Å². The molecule has 1 aliphatic rings. The summed E-state index contributed by atoms with van der Waals surface area (Å²) in [6.07, 6.45) is 3.97. The molecule has 1 aliphatic heterocycles. The number of nitrogens with one attached hydrogen (secondary N) is 1. The molecule has 0 atom stereocenters. The first kappa shape index (κ1) is 16.3. The SMILES string of the molecule is CC(C)NC(=S)N1CCC(c2ncc(C(C)(C)C)o2)CC1. The van der Waals surface area contributed by atoms with Gasteiger partial charge in [0, 0.05) is 30.5 Å². The molecule has 0 unspecified atom stereocenters. The van der Waals surface area contributed by atoms with Crippen molar-refractivity contribution >= 4 is 17.3 Å². The summed E-state index contributed by atoms with van der Waals surface area (Å²) in [5, 5.41) is 4.18. The maximum atomic E-state index is 5.97. The van der Waals surface area contributed by atoms with Crippen molar-refractivity contribution in [3.05, 3.63) is 17.8 Å². The van der Waals surface area contributed by atoms with E-state index in [0.29, 0.717) is 12.0 Å². The fourth-order valence-corrected chi connectivity index (χ4v) is 2.91. The van der Waals surface area contributed by atoms with Crippen molar-refractivity contribution in [3.63, 3.8) is 0 Å². The summed E-state index contributed by atoms with van der Waals surface area (Å²) < 4.78 is 5.97. The van der Waals surface area contributed by atoms with Gasteiger partial charge in [-0.2, -0.15) is 0 Å². The zero-order chi connectivity index (χ0) is 15.6. The second-order valence-electron chi connectivity index (χ2n) is 7.18. The van der Waals surface area contributed by atoms with E-state index in [1.54, 1.807) is 0 Å². The average Bonchev–Trinajstić information content (AvgIpc) is 2.87. The minimum Gasteiger partial charge on any atom is -0.445 e. The van der Waals surface area contributed by atoms with Crippen molar-refractivity contribution in [2.75, 3.05) is 13.1 Å². The normalized spacial score (nSPS) is 17.3. The van der Waals surface area contributed by atoms with Crippen molar-refractivity contribution in [2.45, 2.75) is 64.8 Å². The third kappa shape index (κ3) is 4.19. The second-order valence-corrected chi connectivity index (χ2v) is 7.56. The highest BCUT2D eigenvalue weighted by Gasteiger charge is 2.27. The molecule has 1 aromatic heterocycles. The van der Waals surface area contributed by atoms with E-state index in [9.17, 15) is 0 Å². The Kier molecular flexibility index (Phi) is 4.91. The number of rotatable bonds is 2. The summed E-state index contributed by atoms with van der Waals surface area (Å²) in [4.78, 5) is 6.74. The zero-order valence-electron chi connectivity index (χ0n) is 13.8. The lowest BCUT2D eigenvalue weighted by Crippen LogP contribution is -2.46. The number of oxazole rings is 1. The Morgan fingerprint density at radius 1 is 1.38 bits per heavy atom. The highest BCUT2D eigenvalue weighted by molar-refractivity contribution is 7.80. The first-order valence-electron chi connectivity index (χ1n) is 7.79. The maximum absolute atomic E-state index is 5.97. The molecule has 1 saturated heterocycles. The van der Waals surface area contributed by atoms with Crippen molar-refractivity contribution in [1.82, 2.24) is 15.2 Å². The Morgan fingerprint density at radius 2 is 2.00 bits per heavy atom. The fraction of sp³-hybridized carbons (Fsp3) is 0.750. The van der Waals surface area contributed by atoms with E-state index < -0.39 is 0 Å². The van der Waals surface area contributed by atoms with Crippen LogP contribution in [0.4, 0.5) is 0 Å². The molecule has 4 nitrogen and oxygen atoms in total. The molecule has 2 rings (SSSR count). The number of hydrogen-bond donors (Lipinski definition) is 1. The zero-order valence-corrected chi connectivity index (χ0v) is 14.6. The van der Waals surface area contributed by atoms with Crippen LogP contribution in [-0.2, 0) is 5.41 Å². The van der Waals surface area contributed by atoms with E-state index in [1.807, 2.05) is 6.20 Å². The summed E-state index contributed by atoms with van der Waals surface area (Å²) in [5.41, 5.74) is 0.0225. The van der Waals surface area contributed by atoms with Gasteiger partial charge >= 0.3 is 0 Å². The van der Waals surface area contributed by atoms with Crippen LogP contribution in [0.3, 0.4) is 0 Å². The lowest BCUT2D eigenvalue weighted by Gasteiger charge is -2.33. The van der Waals surface area contributed by atoms with Crippen LogP contribution in [0.2, 0.25) is 0 Å². The molecule has 0 spiro atoms. The van der Waals surface area contributed by atoms with Gasteiger partial charge in [-0.1, -0.05) is 20.8 Å². The van der Waals surface area contributed by atoms with Crippen LogP contribution in [0.1, 0.15) is 65.0 Å². The maximum Gasteiger partial charge on any atom is 0.197 e. The van der Waals surface area contributed by atoms with E-state index in [2.05, 4.69) is 49.8 Å². The molecule has 1 aromatic rings. The van der Waals surface area contributed by atoms with Gasteiger partial charge < -0.3 is 14.6 Å². The molecule has 5 heteroatoms. The Balaban J connectivity index is 1.92. The molecule has 0 aliphatic carbocycles. The van der Waals surface area contributed by atoms with Crippen LogP contribution in [-0.4, -0.2) is 34.1 Å². The van der Waals surface area contributed by atoms with Crippen LogP contribution in [0.25, 0.3) is 0 Å². The van der Waals surface area contributed by atoms with Crippen molar-refractivity contribution in [2.24, 2.45) is 0 Å². The first-order chi connectivity index (χ1) is 9.77. The Bertz CT molecular complexity index is 482. The third-order valence-electron chi connectivity index (χ3n) is 3.81. The quantitative estimate of drug-likeness (QED) is 0.848. The van der Waals surface area contributed by atoms with Gasteiger partial charge in [0.1, 0.15) is 5.76 Å². The fourth-order valence-electron chi connectivity index (χ4n) is 2.49. The van der Waals surface area contributed by atoms with Crippen LogP contribution < -0.4 is 5.32 Å². The number of aromatic nitrogens is 1. The smallest absolute Gasteiger partial charge is 0.197 e. The van der Waals surface area contributed by atoms with E-state index in [1.165, 1.54) is 0 Å².